The van der Waals surface area contributed by atoms with Crippen LogP contribution in [0.1, 0.15) is 0 Å². The Balaban J connectivity index is 1.67. The standard InChI is InChI=1S/C30H22O13/c1-37-11-5-13(31)21-17(7-11)41-29-23(25(21)35)16(34)10-20(27(29)40-4)43-28-19(39-3)9-15(33)24-26(36)22-14(32)6-12(38-2)8-18(22)42-30(24)28/h5-10,31-34H,1-4H3. The van der Waals surface area contributed by atoms with Gasteiger partial charge in [0.2, 0.25) is 22.4 Å². The molecule has 0 radical (unpaired) electrons. The molecule has 0 bridgehead atoms. The number of hydrogen-bond donors (Lipinski definition) is 4. The van der Waals surface area contributed by atoms with Crippen molar-refractivity contribution in [1.29, 1.82) is 0 Å². The molecule has 4 aromatic carbocycles. The molecule has 0 aliphatic heterocycles. The minimum Gasteiger partial charge on any atom is -0.507 e. The van der Waals surface area contributed by atoms with Gasteiger partial charge in [0, 0.05) is 36.4 Å². The van der Waals surface area contributed by atoms with Gasteiger partial charge in [0.1, 0.15) is 67.2 Å². The van der Waals surface area contributed by atoms with Gasteiger partial charge in [-0.25, -0.2) is 0 Å². The number of phenols is 4. The monoisotopic (exact) mass is 590 g/mol. The summed E-state index contributed by atoms with van der Waals surface area (Å²) in [6, 6.07) is 7.36. The lowest BCUT2D eigenvalue weighted by molar-refractivity contribution is 0.351. The molecule has 0 atom stereocenters. The average molecular weight is 590 g/mol. The van der Waals surface area contributed by atoms with Gasteiger partial charge in [-0.2, -0.15) is 0 Å². The van der Waals surface area contributed by atoms with Crippen molar-refractivity contribution in [3.05, 3.63) is 56.8 Å². The highest BCUT2D eigenvalue weighted by atomic mass is 16.5. The van der Waals surface area contributed by atoms with Crippen molar-refractivity contribution in [3.8, 4) is 57.5 Å². The Labute approximate surface area is 239 Å². The summed E-state index contributed by atoms with van der Waals surface area (Å²) >= 11 is 0. The molecule has 13 heteroatoms. The fraction of sp³-hybridized carbons (Fsp3) is 0.133. The molecule has 13 nitrogen and oxygen atoms in total. The normalized spacial score (nSPS) is 11.3. The number of fused-ring (bicyclic) bond motifs is 4. The first-order valence-electron chi connectivity index (χ1n) is 12.4. The highest BCUT2D eigenvalue weighted by Crippen LogP contribution is 2.49. The van der Waals surface area contributed by atoms with E-state index in [-0.39, 0.29) is 78.4 Å². The van der Waals surface area contributed by atoms with E-state index >= 15 is 0 Å². The van der Waals surface area contributed by atoms with Crippen LogP contribution in [0.25, 0.3) is 43.9 Å². The summed E-state index contributed by atoms with van der Waals surface area (Å²) in [6.07, 6.45) is 0. The third kappa shape index (κ3) is 4.01. The predicted octanol–water partition coefficient (Wildman–Crippen LogP) is 4.85. The molecule has 2 heterocycles. The summed E-state index contributed by atoms with van der Waals surface area (Å²) in [7, 11) is 5.27. The molecule has 6 aromatic rings. The van der Waals surface area contributed by atoms with E-state index < -0.39 is 33.9 Å². The molecular weight excluding hydrogens is 568 g/mol. The molecule has 220 valence electrons. The molecule has 0 saturated heterocycles. The van der Waals surface area contributed by atoms with Crippen molar-refractivity contribution in [2.45, 2.75) is 0 Å². The zero-order chi connectivity index (χ0) is 30.7. The highest BCUT2D eigenvalue weighted by Gasteiger charge is 2.27. The second-order valence-electron chi connectivity index (χ2n) is 9.27. The van der Waals surface area contributed by atoms with E-state index in [1.54, 1.807) is 0 Å². The molecule has 43 heavy (non-hydrogen) atoms. The summed E-state index contributed by atoms with van der Waals surface area (Å²) in [5.41, 5.74) is -2.20. The van der Waals surface area contributed by atoms with Crippen LogP contribution in [0.3, 0.4) is 0 Å². The van der Waals surface area contributed by atoms with Crippen molar-refractivity contribution in [2.24, 2.45) is 0 Å². The molecule has 0 unspecified atom stereocenters. The number of rotatable bonds is 6. The Kier molecular flexibility index (Phi) is 6.22. The minimum absolute atomic E-state index is 0.0666. The summed E-state index contributed by atoms with van der Waals surface area (Å²) in [4.78, 5) is 26.8. The molecular formula is C30H22O13. The Hall–Kier alpha value is -5.98. The van der Waals surface area contributed by atoms with E-state index in [0.29, 0.717) is 0 Å². The van der Waals surface area contributed by atoms with Crippen LogP contribution in [-0.4, -0.2) is 48.9 Å². The Bertz CT molecular complexity index is 2250. The third-order valence-corrected chi connectivity index (χ3v) is 6.91. The van der Waals surface area contributed by atoms with Gasteiger partial charge in [0.25, 0.3) is 0 Å². The Morgan fingerprint density at radius 1 is 0.512 bits per heavy atom. The summed E-state index contributed by atoms with van der Waals surface area (Å²) in [5.74, 6) is -2.25. The van der Waals surface area contributed by atoms with Gasteiger partial charge in [-0.3, -0.25) is 9.59 Å². The van der Waals surface area contributed by atoms with Crippen LogP contribution in [0.2, 0.25) is 0 Å². The number of ether oxygens (including phenoxy) is 5. The maximum absolute atomic E-state index is 13.5. The third-order valence-electron chi connectivity index (χ3n) is 6.91. The SMILES string of the molecule is COc1cc(O)c2c(=O)c3c(O)cc(Oc4c(OC)cc(O)c5c(=O)c6c(O)cc(OC)cc6oc45)c(OC)c3oc2c1. The maximum Gasteiger partial charge on any atom is 0.212 e. The van der Waals surface area contributed by atoms with Crippen LogP contribution in [0.15, 0.2) is 54.8 Å². The second-order valence-corrected chi connectivity index (χ2v) is 9.27. The topological polar surface area (TPSA) is 187 Å². The number of benzene rings is 4. The molecule has 0 fully saturated rings. The van der Waals surface area contributed by atoms with Gasteiger partial charge in [0.05, 0.1) is 28.4 Å². The van der Waals surface area contributed by atoms with Crippen LogP contribution >= 0.6 is 0 Å². The highest BCUT2D eigenvalue weighted by molar-refractivity contribution is 6.01. The van der Waals surface area contributed by atoms with Crippen molar-refractivity contribution >= 4 is 43.9 Å². The van der Waals surface area contributed by atoms with Crippen LogP contribution in [0.4, 0.5) is 0 Å². The predicted molar refractivity (Wildman–Crippen MR) is 153 cm³/mol. The van der Waals surface area contributed by atoms with E-state index in [1.165, 1.54) is 52.7 Å². The van der Waals surface area contributed by atoms with Crippen molar-refractivity contribution in [1.82, 2.24) is 0 Å². The number of hydrogen-bond acceptors (Lipinski definition) is 13. The van der Waals surface area contributed by atoms with Gasteiger partial charge < -0.3 is 52.9 Å². The van der Waals surface area contributed by atoms with Gasteiger partial charge >= 0.3 is 0 Å². The Morgan fingerprint density at radius 2 is 0.953 bits per heavy atom. The fourth-order valence-corrected chi connectivity index (χ4v) is 4.94. The molecule has 0 amide bonds. The molecule has 0 spiro atoms. The van der Waals surface area contributed by atoms with E-state index in [9.17, 15) is 30.0 Å². The summed E-state index contributed by atoms with van der Waals surface area (Å²) < 4.78 is 39.2. The zero-order valence-electron chi connectivity index (χ0n) is 22.9. The smallest absolute Gasteiger partial charge is 0.212 e. The van der Waals surface area contributed by atoms with Crippen molar-refractivity contribution in [3.63, 3.8) is 0 Å². The lowest BCUT2D eigenvalue weighted by atomic mass is 10.1. The van der Waals surface area contributed by atoms with Crippen LogP contribution in [0, 0.1) is 0 Å². The van der Waals surface area contributed by atoms with Gasteiger partial charge in [-0.05, 0) is 0 Å². The van der Waals surface area contributed by atoms with E-state index in [0.717, 1.165) is 12.1 Å². The van der Waals surface area contributed by atoms with Gasteiger partial charge in [-0.15, -0.1) is 0 Å². The largest absolute Gasteiger partial charge is 0.507 e. The first-order valence-corrected chi connectivity index (χ1v) is 12.4. The maximum atomic E-state index is 13.5. The quantitative estimate of drug-likeness (QED) is 0.193. The van der Waals surface area contributed by atoms with Crippen LogP contribution in [0.5, 0.6) is 57.5 Å². The molecule has 2 aromatic heterocycles. The second kappa shape index (κ2) is 9.83. The number of phenolic OH excluding ortho intramolecular Hbond substituents is 4. The minimum atomic E-state index is -0.777. The number of methoxy groups -OCH3 is 4. The Morgan fingerprint density at radius 3 is 1.40 bits per heavy atom. The lowest BCUT2D eigenvalue weighted by Crippen LogP contribution is -2.06. The lowest BCUT2D eigenvalue weighted by Gasteiger charge is -2.17. The van der Waals surface area contributed by atoms with Crippen molar-refractivity contribution in [2.75, 3.05) is 28.4 Å². The first kappa shape index (κ1) is 27.2. The molecule has 6 rings (SSSR count). The number of aromatic hydroxyl groups is 4. The summed E-state index contributed by atoms with van der Waals surface area (Å²) in [6.45, 7) is 0. The van der Waals surface area contributed by atoms with Gasteiger partial charge in [0.15, 0.2) is 22.7 Å². The van der Waals surface area contributed by atoms with Crippen LogP contribution < -0.4 is 34.5 Å². The molecule has 4 N–H and O–H groups in total. The summed E-state index contributed by atoms with van der Waals surface area (Å²) in [5, 5.41) is 41.6. The first-order chi connectivity index (χ1) is 20.6. The van der Waals surface area contributed by atoms with Gasteiger partial charge in [-0.1, -0.05) is 0 Å². The van der Waals surface area contributed by atoms with E-state index in [1.807, 2.05) is 0 Å². The molecule has 0 aliphatic carbocycles. The molecule has 0 aliphatic rings. The van der Waals surface area contributed by atoms with E-state index in [4.69, 9.17) is 32.5 Å². The molecule has 0 saturated carbocycles. The van der Waals surface area contributed by atoms with Crippen LogP contribution in [-0.2, 0) is 0 Å². The van der Waals surface area contributed by atoms with E-state index in [2.05, 4.69) is 0 Å². The zero-order valence-corrected chi connectivity index (χ0v) is 22.9. The fourth-order valence-electron chi connectivity index (χ4n) is 4.94. The van der Waals surface area contributed by atoms with Crippen molar-refractivity contribution < 1.29 is 52.9 Å². The average Bonchev–Trinajstić information content (AvgIpc) is 2.97.